The molecular formula is C20H21F. The van der Waals surface area contributed by atoms with Crippen LogP contribution in [0.3, 0.4) is 0 Å². The Balaban J connectivity index is 2.01. The summed E-state index contributed by atoms with van der Waals surface area (Å²) in [6.45, 7) is 0. The summed E-state index contributed by atoms with van der Waals surface area (Å²) in [4.78, 5) is 0. The Labute approximate surface area is 126 Å². The van der Waals surface area contributed by atoms with Crippen molar-refractivity contribution in [1.82, 2.24) is 0 Å². The molecule has 0 saturated heterocycles. The molecule has 0 atom stereocenters. The van der Waals surface area contributed by atoms with E-state index in [0.717, 1.165) is 0 Å². The van der Waals surface area contributed by atoms with Crippen molar-refractivity contribution >= 4 is 11.6 Å². The average Bonchev–Trinajstić information content (AvgIpc) is 2.56. The summed E-state index contributed by atoms with van der Waals surface area (Å²) in [5, 5.41) is 0. The summed E-state index contributed by atoms with van der Waals surface area (Å²) in [6.07, 6.45) is 8.39. The summed E-state index contributed by atoms with van der Waals surface area (Å²) in [5.74, 6) is 0.419. The second kappa shape index (κ2) is 6.71. The molecule has 0 unspecified atom stereocenters. The van der Waals surface area contributed by atoms with Crippen LogP contribution in [0, 0.1) is 11.7 Å². The monoisotopic (exact) mass is 280 g/mol. The molecule has 0 bridgehead atoms. The molecule has 2 aromatic rings. The van der Waals surface area contributed by atoms with Crippen LogP contribution in [0.5, 0.6) is 0 Å². The minimum Gasteiger partial charge on any atom is -0.206 e. The molecule has 21 heavy (non-hydrogen) atoms. The third kappa shape index (κ3) is 3.41. The van der Waals surface area contributed by atoms with Gasteiger partial charge in [0, 0.05) is 5.56 Å². The van der Waals surface area contributed by atoms with Crippen molar-refractivity contribution in [1.29, 1.82) is 0 Å². The van der Waals surface area contributed by atoms with Crippen LogP contribution in [0.15, 0.2) is 54.6 Å². The van der Waals surface area contributed by atoms with Gasteiger partial charge in [-0.1, -0.05) is 67.8 Å². The lowest BCUT2D eigenvalue weighted by Gasteiger charge is -2.25. The van der Waals surface area contributed by atoms with Gasteiger partial charge in [0.2, 0.25) is 0 Å². The van der Waals surface area contributed by atoms with Crippen LogP contribution < -0.4 is 0 Å². The Morgan fingerprint density at radius 1 is 0.857 bits per heavy atom. The van der Waals surface area contributed by atoms with Gasteiger partial charge in [0.05, 0.1) is 0 Å². The smallest absolute Gasteiger partial charge is 0.130 e. The van der Waals surface area contributed by atoms with Crippen molar-refractivity contribution in [3.63, 3.8) is 0 Å². The fourth-order valence-electron chi connectivity index (χ4n) is 3.24. The van der Waals surface area contributed by atoms with E-state index in [1.807, 2.05) is 18.2 Å². The molecule has 0 spiro atoms. The Hall–Kier alpha value is -1.89. The first kappa shape index (κ1) is 14.1. The molecule has 1 aliphatic carbocycles. The molecule has 0 radical (unpaired) electrons. The maximum atomic E-state index is 14.0. The van der Waals surface area contributed by atoms with E-state index in [0.29, 0.717) is 11.5 Å². The predicted octanol–water partition coefficient (Wildman–Crippen LogP) is 5.95. The van der Waals surface area contributed by atoms with Crippen molar-refractivity contribution < 1.29 is 4.39 Å². The van der Waals surface area contributed by atoms with Crippen LogP contribution in [0.4, 0.5) is 4.39 Å². The van der Waals surface area contributed by atoms with E-state index in [4.69, 9.17) is 0 Å². The van der Waals surface area contributed by atoms with E-state index in [2.05, 4.69) is 30.3 Å². The molecule has 1 heteroatoms. The lowest BCUT2D eigenvalue weighted by atomic mass is 9.80. The van der Waals surface area contributed by atoms with Gasteiger partial charge in [-0.05, 0) is 42.0 Å². The summed E-state index contributed by atoms with van der Waals surface area (Å²) in [5.41, 5.74) is 3.22. The molecule has 108 valence electrons. The zero-order valence-electron chi connectivity index (χ0n) is 12.3. The Kier molecular flexibility index (Phi) is 4.49. The van der Waals surface area contributed by atoms with E-state index in [1.54, 1.807) is 6.07 Å². The topological polar surface area (TPSA) is 0 Å². The first-order valence-electron chi connectivity index (χ1n) is 7.86. The van der Waals surface area contributed by atoms with Gasteiger partial charge in [0.25, 0.3) is 0 Å². The molecule has 1 fully saturated rings. The van der Waals surface area contributed by atoms with Gasteiger partial charge in [-0.15, -0.1) is 0 Å². The second-order valence-electron chi connectivity index (χ2n) is 5.82. The molecule has 0 N–H and O–H groups in total. The molecular weight excluding hydrogens is 259 g/mol. The van der Waals surface area contributed by atoms with E-state index < -0.39 is 0 Å². The Bertz CT molecular complexity index is 607. The summed E-state index contributed by atoms with van der Waals surface area (Å²) in [6, 6.07) is 17.5. The number of benzene rings is 2. The van der Waals surface area contributed by atoms with Gasteiger partial charge < -0.3 is 0 Å². The Morgan fingerprint density at radius 3 is 2.24 bits per heavy atom. The summed E-state index contributed by atoms with van der Waals surface area (Å²) >= 11 is 0. The minimum absolute atomic E-state index is 0.137. The maximum absolute atomic E-state index is 14.0. The average molecular weight is 280 g/mol. The highest BCUT2D eigenvalue weighted by Crippen LogP contribution is 2.36. The van der Waals surface area contributed by atoms with Crippen molar-refractivity contribution in [2.24, 2.45) is 5.92 Å². The largest absolute Gasteiger partial charge is 0.206 e. The SMILES string of the molecule is Fc1ccccc1/C=C(\c1ccccc1)C1CCCCC1. The standard InChI is InChI=1S/C20H21F/c21-20-14-8-7-13-18(20)15-19(16-9-3-1-4-10-16)17-11-5-2-6-12-17/h1,3-4,7-10,13-15,17H,2,5-6,11-12H2/b19-15+. The van der Waals surface area contributed by atoms with Crippen LogP contribution >= 0.6 is 0 Å². The van der Waals surface area contributed by atoms with Gasteiger partial charge in [-0.3, -0.25) is 0 Å². The zero-order chi connectivity index (χ0) is 14.5. The third-order valence-electron chi connectivity index (χ3n) is 4.37. The van der Waals surface area contributed by atoms with E-state index in [-0.39, 0.29) is 5.82 Å². The molecule has 0 heterocycles. The second-order valence-corrected chi connectivity index (χ2v) is 5.82. The molecule has 3 rings (SSSR count). The Morgan fingerprint density at radius 2 is 1.52 bits per heavy atom. The van der Waals surface area contributed by atoms with Crippen molar-refractivity contribution in [2.45, 2.75) is 32.1 Å². The molecule has 0 aromatic heterocycles. The third-order valence-corrected chi connectivity index (χ3v) is 4.37. The van der Waals surface area contributed by atoms with Crippen LogP contribution in [0.25, 0.3) is 11.6 Å². The highest BCUT2D eigenvalue weighted by atomic mass is 19.1. The fraction of sp³-hybridized carbons (Fsp3) is 0.300. The predicted molar refractivity (Wildman–Crippen MR) is 87.3 cm³/mol. The molecule has 0 nitrogen and oxygen atoms in total. The van der Waals surface area contributed by atoms with Gasteiger partial charge in [0.15, 0.2) is 0 Å². The lowest BCUT2D eigenvalue weighted by molar-refractivity contribution is 0.430. The number of hydrogen-bond donors (Lipinski definition) is 0. The number of allylic oxidation sites excluding steroid dienone is 1. The maximum Gasteiger partial charge on any atom is 0.130 e. The van der Waals surface area contributed by atoms with E-state index in [9.17, 15) is 4.39 Å². The van der Waals surface area contributed by atoms with Crippen molar-refractivity contribution in [2.75, 3.05) is 0 Å². The zero-order valence-corrected chi connectivity index (χ0v) is 12.3. The number of halogens is 1. The quantitative estimate of drug-likeness (QED) is 0.610. The lowest BCUT2D eigenvalue weighted by Crippen LogP contribution is -2.08. The highest BCUT2D eigenvalue weighted by molar-refractivity contribution is 5.82. The summed E-state index contributed by atoms with van der Waals surface area (Å²) in [7, 11) is 0. The molecule has 0 amide bonds. The van der Waals surface area contributed by atoms with Crippen molar-refractivity contribution in [3.05, 3.63) is 71.5 Å². The molecule has 2 aromatic carbocycles. The van der Waals surface area contributed by atoms with Gasteiger partial charge in [-0.2, -0.15) is 0 Å². The van der Waals surface area contributed by atoms with E-state index >= 15 is 0 Å². The normalized spacial score (nSPS) is 16.9. The van der Waals surface area contributed by atoms with Crippen molar-refractivity contribution in [3.8, 4) is 0 Å². The van der Waals surface area contributed by atoms with Crippen LogP contribution in [-0.4, -0.2) is 0 Å². The van der Waals surface area contributed by atoms with Gasteiger partial charge >= 0.3 is 0 Å². The molecule has 1 aliphatic rings. The summed E-state index contributed by atoms with van der Waals surface area (Å²) < 4.78 is 14.0. The molecule has 1 saturated carbocycles. The van der Waals surface area contributed by atoms with Crippen LogP contribution in [0.2, 0.25) is 0 Å². The van der Waals surface area contributed by atoms with Gasteiger partial charge in [0.1, 0.15) is 5.82 Å². The first-order valence-corrected chi connectivity index (χ1v) is 7.86. The molecule has 0 aliphatic heterocycles. The number of rotatable bonds is 3. The van der Waals surface area contributed by atoms with Gasteiger partial charge in [-0.25, -0.2) is 4.39 Å². The van der Waals surface area contributed by atoms with E-state index in [1.165, 1.54) is 49.3 Å². The van der Waals surface area contributed by atoms with Crippen LogP contribution in [0.1, 0.15) is 43.2 Å². The highest BCUT2D eigenvalue weighted by Gasteiger charge is 2.19. The first-order chi connectivity index (χ1) is 10.3. The fourth-order valence-corrected chi connectivity index (χ4v) is 3.24. The minimum atomic E-state index is -0.137. The van der Waals surface area contributed by atoms with Crippen LogP contribution in [-0.2, 0) is 0 Å². The number of hydrogen-bond acceptors (Lipinski definition) is 0.